The van der Waals surface area contributed by atoms with Crippen molar-refractivity contribution in [2.24, 2.45) is 5.92 Å². The fraction of sp³-hybridized carbons (Fsp3) is 0.929. The van der Waals surface area contributed by atoms with E-state index in [0.29, 0.717) is 12.1 Å². The average Bonchev–Trinajstić information content (AvgIpc) is 2.54. The van der Waals surface area contributed by atoms with Gasteiger partial charge in [0, 0.05) is 18.5 Å². The summed E-state index contributed by atoms with van der Waals surface area (Å²) in [5.41, 5.74) is 0. The van der Waals surface area contributed by atoms with Gasteiger partial charge in [-0.15, -0.1) is 0 Å². The van der Waals surface area contributed by atoms with E-state index in [2.05, 4.69) is 19.2 Å². The van der Waals surface area contributed by atoms with E-state index in [0.717, 1.165) is 12.3 Å². The van der Waals surface area contributed by atoms with E-state index in [1.165, 1.54) is 38.5 Å². The van der Waals surface area contributed by atoms with Gasteiger partial charge in [0.15, 0.2) is 0 Å². The van der Waals surface area contributed by atoms with Crippen molar-refractivity contribution < 1.29 is 9.90 Å². The molecular weight excluding hydrogens is 214 g/mol. The first kappa shape index (κ1) is 14.5. The minimum atomic E-state index is -0.694. The Balaban J connectivity index is 2.26. The third kappa shape index (κ3) is 6.06. The Hall–Kier alpha value is -0.570. The van der Waals surface area contributed by atoms with Crippen LogP contribution in [-0.4, -0.2) is 23.2 Å². The van der Waals surface area contributed by atoms with E-state index >= 15 is 0 Å². The van der Waals surface area contributed by atoms with E-state index in [1.807, 2.05) is 0 Å². The summed E-state index contributed by atoms with van der Waals surface area (Å²) >= 11 is 0. The van der Waals surface area contributed by atoms with Crippen LogP contribution in [0.25, 0.3) is 0 Å². The van der Waals surface area contributed by atoms with Crippen molar-refractivity contribution in [1.82, 2.24) is 5.32 Å². The van der Waals surface area contributed by atoms with Crippen LogP contribution in [0.2, 0.25) is 0 Å². The predicted molar refractivity (Wildman–Crippen MR) is 70.1 cm³/mol. The number of rotatable bonds is 6. The Morgan fingerprint density at radius 2 is 1.82 bits per heavy atom. The van der Waals surface area contributed by atoms with Gasteiger partial charge in [-0.2, -0.15) is 0 Å². The summed E-state index contributed by atoms with van der Waals surface area (Å²) in [7, 11) is 0. The summed E-state index contributed by atoms with van der Waals surface area (Å²) in [5, 5.41) is 12.2. The summed E-state index contributed by atoms with van der Waals surface area (Å²) in [4.78, 5) is 10.5. The number of aliphatic carboxylic acids is 1. The highest BCUT2D eigenvalue weighted by atomic mass is 16.4. The van der Waals surface area contributed by atoms with Gasteiger partial charge in [-0.1, -0.05) is 25.7 Å². The SMILES string of the molecule is CC(CCC(=O)O)N[C@H](C)C1CCCCCC1. The van der Waals surface area contributed by atoms with E-state index in [9.17, 15) is 4.79 Å². The van der Waals surface area contributed by atoms with Gasteiger partial charge in [-0.05, 0) is 39.0 Å². The highest BCUT2D eigenvalue weighted by molar-refractivity contribution is 5.66. The Bertz CT molecular complexity index is 222. The Morgan fingerprint density at radius 1 is 1.24 bits per heavy atom. The maximum absolute atomic E-state index is 10.5. The topological polar surface area (TPSA) is 49.3 Å². The van der Waals surface area contributed by atoms with Crippen LogP contribution in [0.1, 0.15) is 65.2 Å². The molecule has 1 fully saturated rings. The lowest BCUT2D eigenvalue weighted by molar-refractivity contribution is -0.137. The molecule has 1 aliphatic rings. The summed E-state index contributed by atoms with van der Waals surface area (Å²) in [5.74, 6) is 0.0885. The van der Waals surface area contributed by atoms with Gasteiger partial charge >= 0.3 is 5.97 Å². The van der Waals surface area contributed by atoms with Crippen LogP contribution in [0.5, 0.6) is 0 Å². The van der Waals surface area contributed by atoms with Gasteiger partial charge in [0.05, 0.1) is 0 Å². The summed E-state index contributed by atoms with van der Waals surface area (Å²) in [6.45, 7) is 4.35. The van der Waals surface area contributed by atoms with Crippen molar-refractivity contribution >= 4 is 5.97 Å². The molecule has 1 rings (SSSR count). The normalized spacial score (nSPS) is 21.8. The number of carboxylic acid groups (broad SMARTS) is 1. The molecule has 2 N–H and O–H groups in total. The van der Waals surface area contributed by atoms with Crippen LogP contribution in [-0.2, 0) is 4.79 Å². The largest absolute Gasteiger partial charge is 0.481 e. The van der Waals surface area contributed by atoms with E-state index < -0.39 is 5.97 Å². The van der Waals surface area contributed by atoms with Crippen LogP contribution < -0.4 is 5.32 Å². The van der Waals surface area contributed by atoms with Crippen molar-refractivity contribution in [3.05, 3.63) is 0 Å². The lowest BCUT2D eigenvalue weighted by Crippen LogP contribution is -2.39. The standard InChI is InChI=1S/C14H27NO2/c1-11(9-10-14(16)17)15-12(2)13-7-5-3-4-6-8-13/h11-13,15H,3-10H2,1-2H3,(H,16,17)/t11?,12-/m1/s1. The molecule has 0 aromatic rings. The first-order valence-electron chi connectivity index (χ1n) is 7.07. The minimum Gasteiger partial charge on any atom is -0.481 e. The van der Waals surface area contributed by atoms with E-state index in [-0.39, 0.29) is 6.42 Å². The van der Waals surface area contributed by atoms with E-state index in [1.54, 1.807) is 0 Å². The first-order chi connectivity index (χ1) is 8.09. The monoisotopic (exact) mass is 241 g/mol. The zero-order chi connectivity index (χ0) is 12.7. The van der Waals surface area contributed by atoms with Crippen LogP contribution in [0.15, 0.2) is 0 Å². The molecule has 0 aromatic carbocycles. The smallest absolute Gasteiger partial charge is 0.303 e. The fourth-order valence-electron chi connectivity index (χ4n) is 2.82. The predicted octanol–water partition coefficient (Wildman–Crippen LogP) is 3.19. The molecule has 3 nitrogen and oxygen atoms in total. The number of hydrogen-bond acceptors (Lipinski definition) is 2. The molecule has 0 amide bonds. The van der Waals surface area contributed by atoms with Crippen LogP contribution in [0, 0.1) is 5.92 Å². The highest BCUT2D eigenvalue weighted by Crippen LogP contribution is 2.25. The minimum absolute atomic E-state index is 0.269. The molecule has 0 radical (unpaired) electrons. The van der Waals surface area contributed by atoms with Gasteiger partial charge in [0.25, 0.3) is 0 Å². The van der Waals surface area contributed by atoms with Crippen molar-refractivity contribution in [1.29, 1.82) is 0 Å². The van der Waals surface area contributed by atoms with Crippen LogP contribution in [0.3, 0.4) is 0 Å². The number of carbonyl (C=O) groups is 1. The van der Waals surface area contributed by atoms with Gasteiger partial charge in [0.2, 0.25) is 0 Å². The second-order valence-corrected chi connectivity index (χ2v) is 5.54. The molecule has 1 aliphatic carbocycles. The maximum atomic E-state index is 10.5. The van der Waals surface area contributed by atoms with Gasteiger partial charge in [-0.25, -0.2) is 0 Å². The molecule has 0 saturated heterocycles. The summed E-state index contributed by atoms with van der Waals surface area (Å²) in [6.07, 6.45) is 9.16. The van der Waals surface area contributed by atoms with Crippen LogP contribution >= 0.6 is 0 Å². The Kier molecular flexibility index (Phi) is 6.56. The van der Waals surface area contributed by atoms with Gasteiger partial charge in [-0.3, -0.25) is 4.79 Å². The molecule has 1 saturated carbocycles. The Labute approximate surface area is 105 Å². The highest BCUT2D eigenvalue weighted by Gasteiger charge is 2.20. The lowest BCUT2D eigenvalue weighted by atomic mass is 9.92. The summed E-state index contributed by atoms with van der Waals surface area (Å²) < 4.78 is 0. The molecule has 3 heteroatoms. The first-order valence-corrected chi connectivity index (χ1v) is 7.07. The van der Waals surface area contributed by atoms with Crippen molar-refractivity contribution in [2.75, 3.05) is 0 Å². The van der Waals surface area contributed by atoms with Gasteiger partial charge < -0.3 is 10.4 Å². The lowest BCUT2D eigenvalue weighted by Gasteiger charge is -2.27. The third-order valence-corrected chi connectivity index (χ3v) is 3.95. The quantitative estimate of drug-likeness (QED) is 0.702. The van der Waals surface area contributed by atoms with Gasteiger partial charge in [0.1, 0.15) is 0 Å². The molecule has 100 valence electrons. The second-order valence-electron chi connectivity index (χ2n) is 5.54. The molecule has 1 unspecified atom stereocenters. The average molecular weight is 241 g/mol. The number of nitrogens with one attached hydrogen (secondary N) is 1. The second kappa shape index (κ2) is 7.70. The number of carboxylic acids is 1. The molecule has 0 aliphatic heterocycles. The Morgan fingerprint density at radius 3 is 2.35 bits per heavy atom. The molecular formula is C14H27NO2. The third-order valence-electron chi connectivity index (χ3n) is 3.95. The zero-order valence-electron chi connectivity index (χ0n) is 11.2. The molecule has 2 atom stereocenters. The fourth-order valence-corrected chi connectivity index (χ4v) is 2.82. The molecule has 17 heavy (non-hydrogen) atoms. The van der Waals surface area contributed by atoms with E-state index in [4.69, 9.17) is 5.11 Å². The van der Waals surface area contributed by atoms with Crippen LogP contribution in [0.4, 0.5) is 0 Å². The molecule has 0 aromatic heterocycles. The van der Waals surface area contributed by atoms with Crippen molar-refractivity contribution in [3.63, 3.8) is 0 Å². The molecule has 0 heterocycles. The molecule has 0 spiro atoms. The van der Waals surface area contributed by atoms with Crippen molar-refractivity contribution in [3.8, 4) is 0 Å². The maximum Gasteiger partial charge on any atom is 0.303 e. The van der Waals surface area contributed by atoms with Crippen molar-refractivity contribution in [2.45, 2.75) is 77.3 Å². The zero-order valence-corrected chi connectivity index (χ0v) is 11.2. The summed E-state index contributed by atoms with van der Waals surface area (Å²) in [6, 6.07) is 0.834. The number of hydrogen-bond donors (Lipinski definition) is 2. The molecule has 0 bridgehead atoms.